The highest BCUT2D eigenvalue weighted by atomic mass is 32.2. The molecule has 0 spiro atoms. The van der Waals surface area contributed by atoms with Gasteiger partial charge in [-0.25, -0.2) is 5.10 Å². The summed E-state index contributed by atoms with van der Waals surface area (Å²) in [6.45, 7) is 0.913. The number of hydrogen-bond donors (Lipinski definition) is 2. The predicted molar refractivity (Wildman–Crippen MR) is 78.2 cm³/mol. The molecule has 0 bridgehead atoms. The summed E-state index contributed by atoms with van der Waals surface area (Å²) in [7, 11) is 0. The average Bonchev–Trinajstić information content (AvgIpc) is 2.90. The number of fused-ring (bicyclic) bond motifs is 1. The molecule has 1 aliphatic heterocycles. The van der Waals surface area contributed by atoms with E-state index in [0.717, 1.165) is 18.9 Å². The van der Waals surface area contributed by atoms with Crippen molar-refractivity contribution in [3.63, 3.8) is 0 Å². The van der Waals surface area contributed by atoms with E-state index in [-0.39, 0.29) is 5.91 Å². The molecule has 2 atom stereocenters. The molecule has 1 saturated heterocycles. The molecular weight excluding hydrogens is 274 g/mol. The highest BCUT2D eigenvalue weighted by Gasteiger charge is 2.35. The molecule has 7 heteroatoms. The van der Waals surface area contributed by atoms with Crippen molar-refractivity contribution in [2.24, 2.45) is 5.92 Å². The number of nitrogens with one attached hydrogen (secondary N) is 1. The van der Waals surface area contributed by atoms with E-state index in [0.29, 0.717) is 22.9 Å². The Morgan fingerprint density at radius 1 is 1.35 bits per heavy atom. The molecule has 1 aliphatic carbocycles. The van der Waals surface area contributed by atoms with E-state index >= 15 is 0 Å². The molecule has 2 aliphatic rings. The minimum Gasteiger partial charge on any atom is -0.368 e. The number of amides is 1. The standard InChI is InChI=1S/C13H21N5OS/c14-12-15-13(17-16-12)20-8-11(19)18-7-3-5-9-4-1-2-6-10(9)18/h9-10H,1-8H2,(H3,14,15,16,17). The summed E-state index contributed by atoms with van der Waals surface area (Å²) in [6.07, 6.45) is 7.49. The molecule has 20 heavy (non-hydrogen) atoms. The van der Waals surface area contributed by atoms with Crippen LogP contribution in [0, 0.1) is 5.92 Å². The fourth-order valence-electron chi connectivity index (χ4n) is 3.47. The lowest BCUT2D eigenvalue weighted by Crippen LogP contribution is -2.50. The van der Waals surface area contributed by atoms with Gasteiger partial charge in [-0.05, 0) is 31.6 Å². The molecular formula is C13H21N5OS. The number of H-pyrrole nitrogens is 1. The Morgan fingerprint density at radius 2 is 2.15 bits per heavy atom. The van der Waals surface area contributed by atoms with Crippen molar-refractivity contribution < 1.29 is 4.79 Å². The first-order chi connectivity index (χ1) is 9.74. The SMILES string of the molecule is Nc1nc(SCC(=O)N2CCCC3CCCCC32)n[nH]1. The zero-order valence-electron chi connectivity index (χ0n) is 11.5. The predicted octanol–water partition coefficient (Wildman–Crippen LogP) is 1.66. The van der Waals surface area contributed by atoms with E-state index in [4.69, 9.17) is 5.73 Å². The number of hydrogen-bond acceptors (Lipinski definition) is 5. The molecule has 2 fully saturated rings. The van der Waals surface area contributed by atoms with Gasteiger partial charge in [-0.2, -0.15) is 4.98 Å². The second kappa shape index (κ2) is 6.03. The monoisotopic (exact) mass is 295 g/mol. The van der Waals surface area contributed by atoms with Gasteiger partial charge in [-0.1, -0.05) is 24.6 Å². The Labute approximate surface area is 122 Å². The van der Waals surface area contributed by atoms with Crippen molar-refractivity contribution in [2.75, 3.05) is 18.0 Å². The maximum absolute atomic E-state index is 12.4. The smallest absolute Gasteiger partial charge is 0.233 e. The molecule has 0 aromatic carbocycles. The third-order valence-corrected chi connectivity index (χ3v) is 5.20. The van der Waals surface area contributed by atoms with Crippen LogP contribution in [0.15, 0.2) is 5.16 Å². The van der Waals surface area contributed by atoms with Crippen LogP contribution in [0.5, 0.6) is 0 Å². The lowest BCUT2D eigenvalue weighted by atomic mass is 9.78. The van der Waals surface area contributed by atoms with Gasteiger partial charge in [0.1, 0.15) is 0 Å². The maximum atomic E-state index is 12.4. The number of rotatable bonds is 3. The number of carbonyl (C=O) groups is 1. The van der Waals surface area contributed by atoms with Crippen LogP contribution in [0.4, 0.5) is 5.95 Å². The normalized spacial score (nSPS) is 26.3. The number of nitrogen functional groups attached to an aromatic ring is 1. The van der Waals surface area contributed by atoms with Gasteiger partial charge in [0.05, 0.1) is 5.75 Å². The fourth-order valence-corrected chi connectivity index (χ4v) is 4.16. The summed E-state index contributed by atoms with van der Waals surface area (Å²) in [5.41, 5.74) is 5.48. The minimum atomic E-state index is 0.218. The number of carbonyl (C=O) groups excluding carboxylic acids is 1. The second-order valence-corrected chi connectivity index (χ2v) is 6.58. The van der Waals surface area contributed by atoms with E-state index < -0.39 is 0 Å². The molecule has 2 unspecified atom stereocenters. The molecule has 3 N–H and O–H groups in total. The van der Waals surface area contributed by atoms with E-state index in [9.17, 15) is 4.79 Å². The number of anilines is 1. The maximum Gasteiger partial charge on any atom is 0.233 e. The number of thioether (sulfide) groups is 1. The van der Waals surface area contributed by atoms with Gasteiger partial charge in [0.2, 0.25) is 17.0 Å². The topological polar surface area (TPSA) is 87.9 Å². The van der Waals surface area contributed by atoms with Gasteiger partial charge >= 0.3 is 0 Å². The molecule has 3 rings (SSSR count). The van der Waals surface area contributed by atoms with Crippen LogP contribution in [-0.2, 0) is 4.79 Å². The quantitative estimate of drug-likeness (QED) is 0.828. The van der Waals surface area contributed by atoms with E-state index in [1.165, 1.54) is 43.9 Å². The Balaban J connectivity index is 1.58. The van der Waals surface area contributed by atoms with Crippen molar-refractivity contribution in [3.05, 3.63) is 0 Å². The molecule has 6 nitrogen and oxygen atoms in total. The van der Waals surface area contributed by atoms with Crippen molar-refractivity contribution in [1.29, 1.82) is 0 Å². The van der Waals surface area contributed by atoms with Gasteiger partial charge in [0, 0.05) is 12.6 Å². The zero-order valence-corrected chi connectivity index (χ0v) is 12.4. The fraction of sp³-hybridized carbons (Fsp3) is 0.769. The summed E-state index contributed by atoms with van der Waals surface area (Å²) in [4.78, 5) is 18.6. The molecule has 0 radical (unpaired) electrons. The first-order valence-corrected chi connectivity index (χ1v) is 8.33. The molecule has 1 aromatic rings. The minimum absolute atomic E-state index is 0.218. The summed E-state index contributed by atoms with van der Waals surface area (Å²) in [6, 6.07) is 0.475. The first kappa shape index (κ1) is 13.7. The average molecular weight is 295 g/mol. The third kappa shape index (κ3) is 2.92. The van der Waals surface area contributed by atoms with Gasteiger partial charge in [-0.15, -0.1) is 5.10 Å². The second-order valence-electron chi connectivity index (χ2n) is 5.63. The van der Waals surface area contributed by atoms with Gasteiger partial charge < -0.3 is 10.6 Å². The highest BCUT2D eigenvalue weighted by molar-refractivity contribution is 7.99. The highest BCUT2D eigenvalue weighted by Crippen LogP contribution is 2.35. The zero-order chi connectivity index (χ0) is 13.9. The van der Waals surface area contributed by atoms with Crippen molar-refractivity contribution in [2.45, 2.75) is 49.7 Å². The van der Waals surface area contributed by atoms with Crippen molar-refractivity contribution >= 4 is 23.6 Å². The number of aromatic nitrogens is 3. The van der Waals surface area contributed by atoms with Crippen LogP contribution in [0.1, 0.15) is 38.5 Å². The van der Waals surface area contributed by atoms with Crippen molar-refractivity contribution in [1.82, 2.24) is 20.1 Å². The lowest BCUT2D eigenvalue weighted by Gasteiger charge is -2.44. The van der Waals surface area contributed by atoms with Crippen LogP contribution < -0.4 is 5.73 Å². The molecule has 1 amide bonds. The largest absolute Gasteiger partial charge is 0.368 e. The Kier molecular flexibility index (Phi) is 4.14. The number of nitrogens with zero attached hydrogens (tertiary/aromatic N) is 3. The number of piperidine rings is 1. The Hall–Kier alpha value is -1.24. The Bertz CT molecular complexity index is 475. The lowest BCUT2D eigenvalue weighted by molar-refractivity contribution is -0.134. The summed E-state index contributed by atoms with van der Waals surface area (Å²) < 4.78 is 0. The van der Waals surface area contributed by atoms with Crippen molar-refractivity contribution in [3.8, 4) is 0 Å². The molecule has 1 aromatic heterocycles. The van der Waals surface area contributed by atoms with Crippen LogP contribution >= 0.6 is 11.8 Å². The molecule has 110 valence electrons. The van der Waals surface area contributed by atoms with E-state index in [1.807, 2.05) is 0 Å². The van der Waals surface area contributed by atoms with Gasteiger partial charge in [0.15, 0.2) is 0 Å². The van der Waals surface area contributed by atoms with Crippen LogP contribution in [0.3, 0.4) is 0 Å². The number of likely N-dealkylation sites (tertiary alicyclic amines) is 1. The summed E-state index contributed by atoms with van der Waals surface area (Å²) in [5.74, 6) is 1.64. The number of nitrogens with two attached hydrogens (primary N) is 1. The van der Waals surface area contributed by atoms with E-state index in [2.05, 4.69) is 20.1 Å². The first-order valence-electron chi connectivity index (χ1n) is 7.34. The summed E-state index contributed by atoms with van der Waals surface area (Å²) in [5, 5.41) is 7.08. The van der Waals surface area contributed by atoms with Crippen LogP contribution in [0.25, 0.3) is 0 Å². The number of aromatic amines is 1. The third-order valence-electron chi connectivity index (χ3n) is 4.37. The molecule has 2 heterocycles. The van der Waals surface area contributed by atoms with Crippen LogP contribution in [0.2, 0.25) is 0 Å². The molecule has 1 saturated carbocycles. The Morgan fingerprint density at radius 3 is 2.95 bits per heavy atom. The van der Waals surface area contributed by atoms with Gasteiger partial charge in [-0.3, -0.25) is 4.79 Å². The summed E-state index contributed by atoms with van der Waals surface area (Å²) >= 11 is 1.36. The van der Waals surface area contributed by atoms with E-state index in [1.54, 1.807) is 0 Å². The van der Waals surface area contributed by atoms with Crippen LogP contribution in [-0.4, -0.2) is 44.3 Å². The van der Waals surface area contributed by atoms with Gasteiger partial charge in [0.25, 0.3) is 0 Å².